The summed E-state index contributed by atoms with van der Waals surface area (Å²) in [5, 5.41) is 9.80. The second-order valence-corrected chi connectivity index (χ2v) is 5.93. The van der Waals surface area contributed by atoms with Crippen LogP contribution in [-0.4, -0.2) is 77.2 Å². The van der Waals surface area contributed by atoms with E-state index in [-0.39, 0.29) is 11.7 Å². The van der Waals surface area contributed by atoms with Gasteiger partial charge in [0.05, 0.1) is 0 Å². The van der Waals surface area contributed by atoms with Gasteiger partial charge in [0.1, 0.15) is 5.82 Å². The Morgan fingerprint density at radius 2 is 2.20 bits per heavy atom. The van der Waals surface area contributed by atoms with Gasteiger partial charge in [-0.2, -0.15) is 0 Å². The van der Waals surface area contributed by atoms with E-state index in [9.17, 15) is 4.79 Å². The SMILES string of the molecule is CN1CCN(C)C(CNC(=O)c2n[nH]c(C3CC3)n2)C1. The average molecular weight is 278 g/mol. The third kappa shape index (κ3) is 2.99. The molecule has 1 atom stereocenters. The van der Waals surface area contributed by atoms with E-state index in [0.29, 0.717) is 18.5 Å². The van der Waals surface area contributed by atoms with Crippen molar-refractivity contribution in [1.29, 1.82) is 0 Å². The number of carbonyl (C=O) groups is 1. The summed E-state index contributed by atoms with van der Waals surface area (Å²) in [6.07, 6.45) is 2.30. The number of hydrogen-bond acceptors (Lipinski definition) is 5. The minimum Gasteiger partial charge on any atom is -0.348 e. The Hall–Kier alpha value is -1.47. The number of carbonyl (C=O) groups excluding carboxylic acids is 1. The van der Waals surface area contributed by atoms with Gasteiger partial charge in [-0.15, -0.1) is 5.10 Å². The summed E-state index contributed by atoms with van der Waals surface area (Å²) in [5.74, 6) is 1.42. The van der Waals surface area contributed by atoms with E-state index in [1.54, 1.807) is 0 Å². The van der Waals surface area contributed by atoms with Crippen LogP contribution in [0, 0.1) is 0 Å². The molecule has 1 amide bonds. The van der Waals surface area contributed by atoms with Gasteiger partial charge in [0.2, 0.25) is 5.82 Å². The maximum atomic E-state index is 12.0. The lowest BCUT2D eigenvalue weighted by atomic mass is 10.2. The molecule has 1 aliphatic heterocycles. The third-order valence-corrected chi connectivity index (χ3v) is 4.15. The van der Waals surface area contributed by atoms with Crippen LogP contribution in [0.2, 0.25) is 0 Å². The van der Waals surface area contributed by atoms with Crippen molar-refractivity contribution in [2.45, 2.75) is 24.8 Å². The standard InChI is InChI=1S/C13H22N6O/c1-18-5-6-19(2)10(8-18)7-14-13(20)12-15-11(16-17-12)9-3-4-9/h9-10H,3-8H2,1-2H3,(H,14,20)(H,15,16,17). The van der Waals surface area contributed by atoms with Crippen molar-refractivity contribution >= 4 is 5.91 Å². The summed E-state index contributed by atoms with van der Waals surface area (Å²) in [6, 6.07) is 0.347. The van der Waals surface area contributed by atoms with E-state index >= 15 is 0 Å². The summed E-state index contributed by atoms with van der Waals surface area (Å²) in [5.41, 5.74) is 0. The van der Waals surface area contributed by atoms with Crippen molar-refractivity contribution in [1.82, 2.24) is 30.3 Å². The maximum absolute atomic E-state index is 12.0. The van der Waals surface area contributed by atoms with Crippen LogP contribution in [0.5, 0.6) is 0 Å². The predicted molar refractivity (Wildman–Crippen MR) is 74.6 cm³/mol. The Morgan fingerprint density at radius 1 is 1.40 bits per heavy atom. The molecule has 1 saturated carbocycles. The van der Waals surface area contributed by atoms with Gasteiger partial charge in [-0.05, 0) is 26.9 Å². The number of aromatic amines is 1. The molecule has 2 aliphatic rings. The predicted octanol–water partition coefficient (Wildman–Crippen LogP) is -0.342. The van der Waals surface area contributed by atoms with E-state index in [2.05, 4.69) is 44.4 Å². The number of rotatable bonds is 4. The first kappa shape index (κ1) is 13.5. The molecule has 0 bridgehead atoms. The summed E-state index contributed by atoms with van der Waals surface area (Å²) in [6.45, 7) is 3.71. The Labute approximate surface area is 118 Å². The highest BCUT2D eigenvalue weighted by Crippen LogP contribution is 2.37. The zero-order valence-electron chi connectivity index (χ0n) is 12.1. The lowest BCUT2D eigenvalue weighted by Gasteiger charge is -2.37. The molecule has 20 heavy (non-hydrogen) atoms. The van der Waals surface area contributed by atoms with Gasteiger partial charge in [0, 0.05) is 38.1 Å². The molecule has 7 nitrogen and oxygen atoms in total. The average Bonchev–Trinajstić information content (AvgIpc) is 3.17. The topological polar surface area (TPSA) is 77.1 Å². The molecule has 7 heteroatoms. The van der Waals surface area contributed by atoms with Crippen LogP contribution in [0.3, 0.4) is 0 Å². The van der Waals surface area contributed by atoms with E-state index in [1.165, 1.54) is 0 Å². The van der Waals surface area contributed by atoms with E-state index < -0.39 is 0 Å². The lowest BCUT2D eigenvalue weighted by molar-refractivity contribution is 0.0872. The molecular formula is C13H22N6O. The summed E-state index contributed by atoms with van der Waals surface area (Å²) in [4.78, 5) is 20.9. The van der Waals surface area contributed by atoms with Crippen molar-refractivity contribution in [2.75, 3.05) is 40.3 Å². The number of aromatic nitrogens is 3. The summed E-state index contributed by atoms with van der Waals surface area (Å²) in [7, 11) is 4.21. The summed E-state index contributed by atoms with van der Waals surface area (Å²) >= 11 is 0. The molecule has 110 valence electrons. The van der Waals surface area contributed by atoms with Crippen LogP contribution in [0.25, 0.3) is 0 Å². The highest BCUT2D eigenvalue weighted by molar-refractivity contribution is 5.90. The van der Waals surface area contributed by atoms with Crippen LogP contribution >= 0.6 is 0 Å². The number of piperazine rings is 1. The molecule has 1 aromatic rings. The lowest BCUT2D eigenvalue weighted by Crippen LogP contribution is -2.54. The Bertz CT molecular complexity index is 483. The highest BCUT2D eigenvalue weighted by Gasteiger charge is 2.28. The maximum Gasteiger partial charge on any atom is 0.291 e. The van der Waals surface area contributed by atoms with Crippen molar-refractivity contribution in [3.8, 4) is 0 Å². The van der Waals surface area contributed by atoms with Gasteiger partial charge < -0.3 is 10.2 Å². The molecule has 1 aromatic heterocycles. The first-order valence-corrected chi connectivity index (χ1v) is 7.23. The molecule has 1 unspecified atom stereocenters. The number of amides is 1. The Morgan fingerprint density at radius 3 is 2.95 bits per heavy atom. The van der Waals surface area contributed by atoms with Crippen molar-refractivity contribution in [3.05, 3.63) is 11.6 Å². The zero-order valence-corrected chi connectivity index (χ0v) is 12.1. The van der Waals surface area contributed by atoms with Crippen LogP contribution < -0.4 is 5.32 Å². The fourth-order valence-corrected chi connectivity index (χ4v) is 2.53. The molecule has 2 fully saturated rings. The van der Waals surface area contributed by atoms with Gasteiger partial charge in [0.25, 0.3) is 5.91 Å². The quantitative estimate of drug-likeness (QED) is 0.788. The van der Waals surface area contributed by atoms with Crippen molar-refractivity contribution < 1.29 is 4.79 Å². The molecule has 2 N–H and O–H groups in total. The second-order valence-electron chi connectivity index (χ2n) is 5.93. The van der Waals surface area contributed by atoms with Crippen LogP contribution in [0.1, 0.15) is 35.2 Å². The van der Waals surface area contributed by atoms with Gasteiger partial charge in [-0.1, -0.05) is 0 Å². The first-order valence-electron chi connectivity index (χ1n) is 7.23. The molecule has 3 rings (SSSR count). The van der Waals surface area contributed by atoms with Crippen LogP contribution in [0.4, 0.5) is 0 Å². The monoisotopic (exact) mass is 278 g/mol. The Balaban J connectivity index is 1.52. The van der Waals surface area contributed by atoms with E-state index in [1.807, 2.05) is 0 Å². The molecule has 0 radical (unpaired) electrons. The highest BCUT2D eigenvalue weighted by atomic mass is 16.2. The number of hydrogen-bond donors (Lipinski definition) is 2. The van der Waals surface area contributed by atoms with E-state index in [4.69, 9.17) is 0 Å². The molecule has 1 aliphatic carbocycles. The van der Waals surface area contributed by atoms with Gasteiger partial charge in [0.15, 0.2) is 0 Å². The molecule has 1 saturated heterocycles. The number of likely N-dealkylation sites (N-methyl/N-ethyl adjacent to an activating group) is 2. The summed E-state index contributed by atoms with van der Waals surface area (Å²) < 4.78 is 0. The van der Waals surface area contributed by atoms with Gasteiger partial charge in [-0.3, -0.25) is 14.8 Å². The largest absolute Gasteiger partial charge is 0.348 e. The van der Waals surface area contributed by atoms with Crippen LogP contribution in [-0.2, 0) is 0 Å². The smallest absolute Gasteiger partial charge is 0.291 e. The molecule has 0 aromatic carbocycles. The zero-order chi connectivity index (χ0) is 14.1. The van der Waals surface area contributed by atoms with Crippen molar-refractivity contribution in [2.24, 2.45) is 0 Å². The molecular weight excluding hydrogens is 256 g/mol. The number of nitrogens with one attached hydrogen (secondary N) is 2. The fourth-order valence-electron chi connectivity index (χ4n) is 2.53. The fraction of sp³-hybridized carbons (Fsp3) is 0.769. The number of nitrogens with zero attached hydrogens (tertiary/aromatic N) is 4. The van der Waals surface area contributed by atoms with Crippen LogP contribution in [0.15, 0.2) is 0 Å². The minimum absolute atomic E-state index is 0.185. The van der Waals surface area contributed by atoms with E-state index in [0.717, 1.165) is 38.3 Å². The molecule has 2 heterocycles. The minimum atomic E-state index is -0.185. The second kappa shape index (κ2) is 5.49. The Kier molecular flexibility index (Phi) is 3.71. The normalized spacial score (nSPS) is 24.8. The molecule has 0 spiro atoms. The van der Waals surface area contributed by atoms with Gasteiger partial charge in [-0.25, -0.2) is 4.98 Å². The van der Waals surface area contributed by atoms with Gasteiger partial charge >= 0.3 is 0 Å². The third-order valence-electron chi connectivity index (χ3n) is 4.15. The van der Waals surface area contributed by atoms with Crippen molar-refractivity contribution in [3.63, 3.8) is 0 Å². The number of H-pyrrole nitrogens is 1. The first-order chi connectivity index (χ1) is 9.63.